The zero-order valence-corrected chi connectivity index (χ0v) is 19.4. The minimum Gasteiger partial charge on any atom is -0.399 e. The molecule has 2 fully saturated rings. The van der Waals surface area contributed by atoms with E-state index < -0.39 is 11.6 Å². The van der Waals surface area contributed by atoms with Crippen molar-refractivity contribution in [1.29, 1.82) is 0 Å². The van der Waals surface area contributed by atoms with Crippen molar-refractivity contribution in [3.05, 3.63) is 39.1 Å². The Morgan fingerprint density at radius 2 is 2.06 bits per heavy atom. The molecule has 2 aromatic rings. The number of carbonyl (C=O) groups excluding carboxylic acids is 3. The predicted octanol–water partition coefficient (Wildman–Crippen LogP) is 4.18. The van der Waals surface area contributed by atoms with Crippen molar-refractivity contribution in [3.8, 4) is 5.06 Å². The third kappa shape index (κ3) is 4.87. The molecule has 164 valence electrons. The average Bonchev–Trinajstić information content (AvgIpc) is 3.10. The maximum absolute atomic E-state index is 12.9. The molecule has 2 aliphatic rings. The van der Waals surface area contributed by atoms with Crippen LogP contribution in [0.15, 0.2) is 34.1 Å². The molecule has 0 atom stereocenters. The van der Waals surface area contributed by atoms with Gasteiger partial charge in [0.15, 0.2) is 5.06 Å². The number of morpholine rings is 1. The molecule has 0 unspecified atom stereocenters. The average molecular weight is 529 g/mol. The first kappa shape index (κ1) is 22.1. The zero-order valence-electron chi connectivity index (χ0n) is 16.3. The van der Waals surface area contributed by atoms with E-state index in [0.29, 0.717) is 47.5 Å². The first-order valence-corrected chi connectivity index (χ1v) is 11.6. The van der Waals surface area contributed by atoms with Crippen LogP contribution in [0.4, 0.5) is 16.2 Å². The van der Waals surface area contributed by atoms with E-state index in [2.05, 4.69) is 26.6 Å². The van der Waals surface area contributed by atoms with E-state index in [-0.39, 0.29) is 18.4 Å². The standard InChI is InChI=1S/C20H19BrClN3O5S/c21-15-4-5-17(31-15)30-19(28)24-20(6-1-7-20)18(27)23-12-2-3-14(13(22)10-12)25-8-9-29-11-16(25)26/h2-5,10H,1,6-9,11H2,(H,23,27)(H,24,28). The van der Waals surface area contributed by atoms with Gasteiger partial charge in [0, 0.05) is 12.2 Å². The van der Waals surface area contributed by atoms with Crippen LogP contribution in [0.25, 0.3) is 0 Å². The number of halogens is 2. The summed E-state index contributed by atoms with van der Waals surface area (Å²) < 4.78 is 11.2. The number of carbonyl (C=O) groups is 3. The second kappa shape index (κ2) is 9.15. The number of nitrogens with one attached hydrogen (secondary N) is 2. The molecule has 4 rings (SSSR count). The van der Waals surface area contributed by atoms with Gasteiger partial charge < -0.3 is 25.0 Å². The van der Waals surface area contributed by atoms with Gasteiger partial charge in [-0.2, -0.15) is 0 Å². The summed E-state index contributed by atoms with van der Waals surface area (Å²) in [5, 5.41) is 6.29. The summed E-state index contributed by atoms with van der Waals surface area (Å²) in [5.41, 5.74) is 0.00916. The minimum absolute atomic E-state index is 0.0154. The molecule has 0 spiro atoms. The number of hydrogen-bond acceptors (Lipinski definition) is 6. The van der Waals surface area contributed by atoms with E-state index in [1.807, 2.05) is 0 Å². The van der Waals surface area contributed by atoms with E-state index in [9.17, 15) is 14.4 Å². The number of thiophene rings is 1. The Kier molecular flexibility index (Phi) is 6.52. The molecule has 1 aliphatic carbocycles. The molecule has 1 aliphatic heterocycles. The van der Waals surface area contributed by atoms with E-state index in [0.717, 1.165) is 10.2 Å². The van der Waals surface area contributed by atoms with Crippen LogP contribution in [0, 0.1) is 0 Å². The molecule has 1 saturated heterocycles. The lowest BCUT2D eigenvalue weighted by atomic mass is 9.76. The van der Waals surface area contributed by atoms with Crippen molar-refractivity contribution >= 4 is 68.2 Å². The molecule has 8 nitrogen and oxygen atoms in total. The topological polar surface area (TPSA) is 97.0 Å². The third-order valence-corrected chi connectivity index (χ3v) is 7.01. The fourth-order valence-corrected chi connectivity index (χ4v) is 4.91. The van der Waals surface area contributed by atoms with Gasteiger partial charge >= 0.3 is 6.09 Å². The second-order valence-corrected chi connectivity index (χ2v) is 10.1. The van der Waals surface area contributed by atoms with Crippen LogP contribution in [0.2, 0.25) is 5.02 Å². The number of amides is 3. The van der Waals surface area contributed by atoms with Gasteiger partial charge in [0.2, 0.25) is 5.91 Å². The van der Waals surface area contributed by atoms with Gasteiger partial charge in [0.1, 0.15) is 12.1 Å². The van der Waals surface area contributed by atoms with Gasteiger partial charge in [0.05, 0.1) is 21.1 Å². The molecule has 1 saturated carbocycles. The first-order valence-electron chi connectivity index (χ1n) is 9.61. The van der Waals surface area contributed by atoms with Crippen LogP contribution in [-0.2, 0) is 14.3 Å². The Morgan fingerprint density at radius 1 is 1.26 bits per heavy atom. The van der Waals surface area contributed by atoms with Crippen molar-refractivity contribution in [1.82, 2.24) is 5.32 Å². The van der Waals surface area contributed by atoms with Crippen molar-refractivity contribution in [2.45, 2.75) is 24.8 Å². The lowest BCUT2D eigenvalue weighted by Gasteiger charge is -2.40. The lowest BCUT2D eigenvalue weighted by Crippen LogP contribution is -2.61. The van der Waals surface area contributed by atoms with Gasteiger partial charge in [0.25, 0.3) is 5.91 Å². The summed E-state index contributed by atoms with van der Waals surface area (Å²) in [7, 11) is 0. The summed E-state index contributed by atoms with van der Waals surface area (Å²) in [6.07, 6.45) is 1.16. The molecule has 0 radical (unpaired) electrons. The number of ether oxygens (including phenoxy) is 2. The van der Waals surface area contributed by atoms with Crippen LogP contribution in [0.1, 0.15) is 19.3 Å². The predicted molar refractivity (Wildman–Crippen MR) is 121 cm³/mol. The Morgan fingerprint density at radius 3 is 2.68 bits per heavy atom. The largest absolute Gasteiger partial charge is 0.414 e. The van der Waals surface area contributed by atoms with Crippen molar-refractivity contribution in [2.75, 3.05) is 30.0 Å². The monoisotopic (exact) mass is 527 g/mol. The maximum atomic E-state index is 12.9. The zero-order chi connectivity index (χ0) is 22.0. The molecule has 1 aromatic carbocycles. The van der Waals surface area contributed by atoms with E-state index in [1.165, 1.54) is 11.3 Å². The fourth-order valence-electron chi connectivity index (χ4n) is 3.43. The van der Waals surface area contributed by atoms with Crippen LogP contribution in [0.3, 0.4) is 0 Å². The summed E-state index contributed by atoms with van der Waals surface area (Å²) >= 11 is 11.0. The molecule has 2 heterocycles. The van der Waals surface area contributed by atoms with E-state index >= 15 is 0 Å². The highest BCUT2D eigenvalue weighted by Crippen LogP contribution is 2.35. The smallest absolute Gasteiger partial charge is 0.399 e. The van der Waals surface area contributed by atoms with Crippen LogP contribution in [-0.4, -0.2) is 43.2 Å². The molecule has 2 N–H and O–H groups in total. The molecule has 31 heavy (non-hydrogen) atoms. The van der Waals surface area contributed by atoms with E-state index in [4.69, 9.17) is 21.1 Å². The van der Waals surface area contributed by atoms with Crippen LogP contribution >= 0.6 is 38.9 Å². The van der Waals surface area contributed by atoms with E-state index in [1.54, 1.807) is 35.2 Å². The fraction of sp³-hybridized carbons (Fsp3) is 0.350. The van der Waals surface area contributed by atoms with Crippen LogP contribution in [0.5, 0.6) is 5.06 Å². The number of anilines is 2. The highest BCUT2D eigenvalue weighted by atomic mass is 79.9. The third-order valence-electron chi connectivity index (χ3n) is 5.21. The molecular formula is C20H19BrClN3O5S. The summed E-state index contributed by atoms with van der Waals surface area (Å²) in [6.45, 7) is 0.870. The van der Waals surface area contributed by atoms with Crippen molar-refractivity contribution < 1.29 is 23.9 Å². The molecule has 0 bridgehead atoms. The molecule has 1 aromatic heterocycles. The summed E-state index contributed by atoms with van der Waals surface area (Å²) in [5.74, 6) is -0.506. The number of nitrogens with zero attached hydrogens (tertiary/aromatic N) is 1. The van der Waals surface area contributed by atoms with Crippen molar-refractivity contribution in [3.63, 3.8) is 0 Å². The Labute approximate surface area is 196 Å². The second-order valence-electron chi connectivity index (χ2n) is 7.23. The SMILES string of the molecule is O=C(NC1(C(=O)Nc2ccc(N3CCOCC3=O)c(Cl)c2)CCC1)Oc1ccc(Br)s1. The molecule has 11 heteroatoms. The first-order chi connectivity index (χ1) is 14.9. The Balaban J connectivity index is 1.42. The van der Waals surface area contributed by atoms with Crippen molar-refractivity contribution in [2.24, 2.45) is 0 Å². The van der Waals surface area contributed by atoms with Gasteiger partial charge in [-0.1, -0.05) is 22.9 Å². The number of rotatable bonds is 5. The summed E-state index contributed by atoms with van der Waals surface area (Å²) in [6, 6.07) is 8.40. The highest BCUT2D eigenvalue weighted by molar-refractivity contribution is 9.11. The van der Waals surface area contributed by atoms with Gasteiger partial charge in [-0.25, -0.2) is 4.79 Å². The van der Waals surface area contributed by atoms with Gasteiger partial charge in [-0.05, 0) is 65.5 Å². The molecular weight excluding hydrogens is 510 g/mol. The summed E-state index contributed by atoms with van der Waals surface area (Å²) in [4.78, 5) is 38.9. The number of hydrogen-bond donors (Lipinski definition) is 2. The lowest BCUT2D eigenvalue weighted by molar-refractivity contribution is -0.126. The minimum atomic E-state index is -1.03. The van der Waals surface area contributed by atoms with Gasteiger partial charge in [-0.15, -0.1) is 0 Å². The van der Waals surface area contributed by atoms with Crippen LogP contribution < -0.4 is 20.3 Å². The Bertz CT molecular complexity index is 1030. The normalized spacial score (nSPS) is 17.6. The number of benzene rings is 1. The van der Waals surface area contributed by atoms with Gasteiger partial charge in [-0.3, -0.25) is 9.59 Å². The highest BCUT2D eigenvalue weighted by Gasteiger charge is 2.46. The maximum Gasteiger partial charge on any atom is 0.414 e. The quantitative estimate of drug-likeness (QED) is 0.607. The Hall–Kier alpha value is -2.14. The molecule has 3 amide bonds.